The molecule has 2 N–H and O–H groups in total. The zero-order chi connectivity index (χ0) is 27.9. The molecule has 0 saturated heterocycles. The van der Waals surface area contributed by atoms with Crippen LogP contribution in [0.3, 0.4) is 0 Å². The lowest BCUT2D eigenvalue weighted by atomic mass is 10.0. The Balaban J connectivity index is 1.71. The Bertz CT molecular complexity index is 1130. The first-order valence-electron chi connectivity index (χ1n) is 13.3. The lowest BCUT2D eigenvalue weighted by Gasteiger charge is -2.29. The molecule has 0 aliphatic heterocycles. The number of ether oxygens (including phenoxy) is 1. The number of carbonyl (C=O) groups is 3. The van der Waals surface area contributed by atoms with Gasteiger partial charge in [-0.1, -0.05) is 38.5 Å². The summed E-state index contributed by atoms with van der Waals surface area (Å²) in [5, 5.41) is 12.6. The van der Waals surface area contributed by atoms with Crippen molar-refractivity contribution in [3.63, 3.8) is 0 Å². The molecule has 38 heavy (non-hydrogen) atoms. The predicted octanol–water partition coefficient (Wildman–Crippen LogP) is 6.50. The van der Waals surface area contributed by atoms with Crippen LogP contribution in [0.2, 0.25) is 0 Å². The predicted molar refractivity (Wildman–Crippen MR) is 152 cm³/mol. The average Bonchev–Trinajstić information content (AvgIpc) is 3.28. The smallest absolute Gasteiger partial charge is 0.322 e. The van der Waals surface area contributed by atoms with Crippen LogP contribution in [0.5, 0.6) is 0 Å². The van der Waals surface area contributed by atoms with E-state index in [4.69, 9.17) is 4.74 Å². The van der Waals surface area contributed by atoms with E-state index in [0.29, 0.717) is 18.9 Å². The number of benzene rings is 2. The van der Waals surface area contributed by atoms with Gasteiger partial charge in [-0.2, -0.15) is 0 Å². The van der Waals surface area contributed by atoms with Crippen LogP contribution in [0.1, 0.15) is 76.0 Å². The number of carboxylic acids is 1. The molecule has 0 fully saturated rings. The van der Waals surface area contributed by atoms with Gasteiger partial charge < -0.3 is 20.1 Å². The number of carboxylic acid groups (broad SMARTS) is 1. The highest BCUT2D eigenvalue weighted by atomic mass is 32.2. The molecule has 7 nitrogen and oxygen atoms in total. The second-order valence-electron chi connectivity index (χ2n) is 10.7. The summed E-state index contributed by atoms with van der Waals surface area (Å²) in [6, 6.07) is 14.0. The van der Waals surface area contributed by atoms with Crippen molar-refractivity contribution in [3.05, 3.63) is 59.2 Å². The number of carbonyl (C=O) groups excluding carboxylic acids is 2. The van der Waals surface area contributed by atoms with E-state index in [1.807, 2.05) is 35.2 Å². The van der Waals surface area contributed by atoms with E-state index < -0.39 is 10.7 Å². The van der Waals surface area contributed by atoms with Crippen LogP contribution in [0.15, 0.2) is 47.4 Å². The van der Waals surface area contributed by atoms with Crippen molar-refractivity contribution in [1.29, 1.82) is 0 Å². The normalized spacial score (nSPS) is 14.7. The van der Waals surface area contributed by atoms with Crippen molar-refractivity contribution in [2.24, 2.45) is 0 Å². The largest absolute Gasteiger partial charge is 0.480 e. The lowest BCUT2D eigenvalue weighted by Crippen LogP contribution is -2.44. The van der Waals surface area contributed by atoms with E-state index in [2.05, 4.69) is 31.3 Å². The zero-order valence-electron chi connectivity index (χ0n) is 23.1. The highest BCUT2D eigenvalue weighted by Gasteiger charge is 2.32. The topological polar surface area (TPSA) is 95.9 Å². The van der Waals surface area contributed by atoms with E-state index in [0.717, 1.165) is 48.3 Å². The van der Waals surface area contributed by atoms with Gasteiger partial charge in [-0.05, 0) is 86.4 Å². The number of thioether (sulfide) groups is 1. The summed E-state index contributed by atoms with van der Waals surface area (Å²) in [7, 11) is 1.40. The molecule has 0 saturated carbocycles. The summed E-state index contributed by atoms with van der Waals surface area (Å²) in [4.78, 5) is 39.3. The standard InChI is InChI=1S/C30H40N2O5S/c1-20(2)21-10-13-24(14-11-21)31-29(36)32(16-8-6-7-9-27(33)37-5)25-17-22-12-15-26(19-23(22)18-25)38-30(3,4)28(34)35/h10-15,19-20,25H,6-9,16-18H2,1-5H3,(H,31,36)(H,34,35). The molecule has 1 unspecified atom stereocenters. The molecule has 0 heterocycles. The molecule has 206 valence electrons. The molecular formula is C30H40N2O5S. The highest BCUT2D eigenvalue weighted by molar-refractivity contribution is 8.01. The molecule has 2 aromatic carbocycles. The monoisotopic (exact) mass is 540 g/mol. The number of nitrogens with zero attached hydrogens (tertiary/aromatic N) is 1. The lowest BCUT2D eigenvalue weighted by molar-refractivity contribution is -0.141. The zero-order valence-corrected chi connectivity index (χ0v) is 23.9. The molecule has 3 rings (SSSR count). The fourth-order valence-corrected chi connectivity index (χ4v) is 5.63. The molecule has 1 aliphatic rings. The maximum absolute atomic E-state index is 13.5. The van der Waals surface area contributed by atoms with Gasteiger partial charge in [0.25, 0.3) is 0 Å². The maximum Gasteiger partial charge on any atom is 0.322 e. The van der Waals surface area contributed by atoms with Crippen LogP contribution in [0, 0.1) is 0 Å². The molecule has 0 aromatic heterocycles. The van der Waals surface area contributed by atoms with Gasteiger partial charge in [-0.3, -0.25) is 9.59 Å². The summed E-state index contributed by atoms with van der Waals surface area (Å²) in [5.41, 5.74) is 4.33. The van der Waals surface area contributed by atoms with Gasteiger partial charge in [0.15, 0.2) is 0 Å². The fraction of sp³-hybridized carbons (Fsp3) is 0.500. The molecule has 2 aromatic rings. The van der Waals surface area contributed by atoms with Crippen molar-refractivity contribution >= 4 is 35.4 Å². The van der Waals surface area contributed by atoms with E-state index in [1.54, 1.807) is 13.8 Å². The van der Waals surface area contributed by atoms with E-state index >= 15 is 0 Å². The Morgan fingerprint density at radius 3 is 2.37 bits per heavy atom. The highest BCUT2D eigenvalue weighted by Crippen LogP contribution is 2.36. The van der Waals surface area contributed by atoms with Crippen LogP contribution in [-0.2, 0) is 27.2 Å². The van der Waals surface area contributed by atoms with Gasteiger partial charge in [-0.25, -0.2) is 4.79 Å². The number of urea groups is 1. The molecule has 0 spiro atoms. The van der Waals surface area contributed by atoms with Crippen molar-refractivity contribution in [2.45, 2.75) is 87.8 Å². The SMILES string of the molecule is COC(=O)CCCCCN(C(=O)Nc1ccc(C(C)C)cc1)C1Cc2ccc(SC(C)(C)C(=O)O)cc2C1. The first-order chi connectivity index (χ1) is 18.0. The molecule has 1 aliphatic carbocycles. The number of anilines is 1. The molecule has 0 radical (unpaired) electrons. The van der Waals surface area contributed by atoms with Gasteiger partial charge in [0.1, 0.15) is 4.75 Å². The molecule has 1 atom stereocenters. The van der Waals surface area contributed by atoms with E-state index in [1.165, 1.54) is 30.0 Å². The van der Waals surface area contributed by atoms with Crippen molar-refractivity contribution < 1.29 is 24.2 Å². The van der Waals surface area contributed by atoms with E-state index in [9.17, 15) is 19.5 Å². The summed E-state index contributed by atoms with van der Waals surface area (Å²) < 4.78 is 3.80. The number of fused-ring (bicyclic) bond motifs is 1. The summed E-state index contributed by atoms with van der Waals surface area (Å²) >= 11 is 1.33. The van der Waals surface area contributed by atoms with Gasteiger partial charge in [0.2, 0.25) is 0 Å². The summed E-state index contributed by atoms with van der Waals surface area (Å²) in [5.74, 6) is -0.643. The minimum Gasteiger partial charge on any atom is -0.480 e. The van der Waals surface area contributed by atoms with Gasteiger partial charge in [0.05, 0.1) is 7.11 Å². The Labute approximate surface area is 230 Å². The van der Waals surface area contributed by atoms with Gasteiger partial charge in [0, 0.05) is 29.6 Å². The second kappa shape index (κ2) is 13.2. The fourth-order valence-electron chi connectivity index (χ4n) is 4.62. The number of amides is 2. The summed E-state index contributed by atoms with van der Waals surface area (Å²) in [6.45, 7) is 8.27. The number of hydrogen-bond donors (Lipinski definition) is 2. The number of aliphatic carboxylic acids is 1. The minimum absolute atomic E-state index is 0.00767. The molecule has 0 bridgehead atoms. The van der Waals surface area contributed by atoms with Crippen LogP contribution >= 0.6 is 11.8 Å². The third-order valence-corrected chi connectivity index (χ3v) is 8.19. The van der Waals surface area contributed by atoms with Crippen molar-refractivity contribution in [2.75, 3.05) is 19.0 Å². The third kappa shape index (κ3) is 8.00. The van der Waals surface area contributed by atoms with Gasteiger partial charge in [-0.15, -0.1) is 11.8 Å². The summed E-state index contributed by atoms with van der Waals surface area (Å²) in [6.07, 6.45) is 4.20. The van der Waals surface area contributed by atoms with Crippen molar-refractivity contribution in [1.82, 2.24) is 4.90 Å². The number of nitrogens with one attached hydrogen (secondary N) is 1. The molecule has 2 amide bonds. The average molecular weight is 541 g/mol. The Morgan fingerprint density at radius 2 is 1.74 bits per heavy atom. The Kier molecular flexibility index (Phi) is 10.3. The maximum atomic E-state index is 13.5. The second-order valence-corrected chi connectivity index (χ2v) is 12.4. The quantitative estimate of drug-likeness (QED) is 0.181. The first kappa shape index (κ1) is 29.6. The molecular weight excluding hydrogens is 500 g/mol. The third-order valence-electron chi connectivity index (χ3n) is 7.01. The molecule has 8 heteroatoms. The van der Waals surface area contributed by atoms with Gasteiger partial charge >= 0.3 is 18.0 Å². The van der Waals surface area contributed by atoms with Crippen LogP contribution < -0.4 is 5.32 Å². The van der Waals surface area contributed by atoms with Crippen LogP contribution in [0.4, 0.5) is 10.5 Å². The van der Waals surface area contributed by atoms with Crippen LogP contribution in [0.25, 0.3) is 0 Å². The number of hydrogen-bond acceptors (Lipinski definition) is 5. The number of rotatable bonds is 12. The minimum atomic E-state index is -0.923. The number of unbranched alkanes of at least 4 members (excludes halogenated alkanes) is 2. The first-order valence-corrected chi connectivity index (χ1v) is 14.1. The number of esters is 1. The Hall–Kier alpha value is -3.00. The number of methoxy groups -OCH3 is 1. The van der Waals surface area contributed by atoms with Crippen molar-refractivity contribution in [3.8, 4) is 0 Å². The Morgan fingerprint density at radius 1 is 1.05 bits per heavy atom. The van der Waals surface area contributed by atoms with Crippen LogP contribution in [-0.4, -0.2) is 52.4 Å². The van der Waals surface area contributed by atoms with E-state index in [-0.39, 0.29) is 18.0 Å².